The number of hydrogen-bond donors (Lipinski definition) is 0. The van der Waals surface area contributed by atoms with E-state index in [9.17, 15) is 4.79 Å². The minimum Gasteiger partial charge on any atom is -0.398 e. The summed E-state index contributed by atoms with van der Waals surface area (Å²) in [6.45, 7) is 11.0. The molecule has 0 fully saturated rings. The van der Waals surface area contributed by atoms with E-state index < -0.39 is 8.32 Å². The molecule has 0 aliphatic rings. The van der Waals surface area contributed by atoms with Crippen LogP contribution in [-0.2, 0) is 9.22 Å². The molecule has 0 saturated heterocycles. The molecule has 0 aromatic heterocycles. The highest BCUT2D eigenvalue weighted by Gasteiger charge is 2.51. The third-order valence-corrected chi connectivity index (χ3v) is 9.66. The lowest BCUT2D eigenvalue weighted by Gasteiger charge is -2.44. The summed E-state index contributed by atoms with van der Waals surface area (Å²) in [6.07, 6.45) is 1.35. The molecule has 134 valence electrons. The molecule has 0 unspecified atom stereocenters. The minimum absolute atomic E-state index is 0.103. The summed E-state index contributed by atoms with van der Waals surface area (Å²) in [6, 6.07) is 20.9. The molecule has 25 heavy (non-hydrogen) atoms. The zero-order valence-corrected chi connectivity index (χ0v) is 17.0. The highest BCUT2D eigenvalue weighted by molar-refractivity contribution is 6.99. The molecule has 0 N–H and O–H groups in total. The topological polar surface area (TPSA) is 26.3 Å². The summed E-state index contributed by atoms with van der Waals surface area (Å²) in [5.74, 6) is 0.411. The number of rotatable bonds is 7. The van der Waals surface area contributed by atoms with Crippen molar-refractivity contribution in [1.82, 2.24) is 0 Å². The first-order chi connectivity index (χ1) is 11.8. The zero-order chi connectivity index (χ0) is 18.5. The second kappa shape index (κ2) is 8.11. The van der Waals surface area contributed by atoms with Gasteiger partial charge in [-0.2, -0.15) is 0 Å². The van der Waals surface area contributed by atoms with Crippen LogP contribution in [0, 0.1) is 5.92 Å². The van der Waals surface area contributed by atoms with Gasteiger partial charge in [0.05, 0.1) is 0 Å². The Bertz CT molecular complexity index is 620. The normalized spacial score (nSPS) is 13.7. The molecule has 0 heterocycles. The number of carbonyl (C=O) groups excluding carboxylic acids is 1. The van der Waals surface area contributed by atoms with Gasteiger partial charge in [-0.3, -0.25) is 0 Å². The van der Waals surface area contributed by atoms with Crippen LogP contribution in [0.15, 0.2) is 60.7 Å². The van der Waals surface area contributed by atoms with Crippen molar-refractivity contribution in [2.24, 2.45) is 5.92 Å². The van der Waals surface area contributed by atoms with Crippen LogP contribution in [0.2, 0.25) is 5.04 Å². The van der Waals surface area contributed by atoms with Crippen molar-refractivity contribution < 1.29 is 9.22 Å². The number of aldehydes is 1. The van der Waals surface area contributed by atoms with Crippen molar-refractivity contribution in [3.63, 3.8) is 0 Å². The van der Waals surface area contributed by atoms with Crippen molar-refractivity contribution in [2.45, 2.75) is 52.2 Å². The molecule has 0 aliphatic carbocycles. The van der Waals surface area contributed by atoms with Gasteiger partial charge in [0.25, 0.3) is 8.32 Å². The van der Waals surface area contributed by atoms with Gasteiger partial charge < -0.3 is 9.22 Å². The van der Waals surface area contributed by atoms with E-state index in [2.05, 4.69) is 83.1 Å². The summed E-state index contributed by atoms with van der Waals surface area (Å²) in [5, 5.41) is 2.32. The Kier molecular flexibility index (Phi) is 6.36. The highest BCUT2D eigenvalue weighted by Crippen LogP contribution is 2.37. The predicted octanol–water partition coefficient (Wildman–Crippen LogP) is 4.18. The molecule has 0 radical (unpaired) electrons. The average Bonchev–Trinajstić information content (AvgIpc) is 2.58. The van der Waals surface area contributed by atoms with Crippen molar-refractivity contribution in [1.29, 1.82) is 0 Å². The van der Waals surface area contributed by atoms with Crippen LogP contribution in [-0.4, -0.2) is 20.7 Å². The maximum atomic E-state index is 11.8. The molecular weight excluding hydrogens is 324 g/mol. The molecule has 1 atom stereocenters. The quantitative estimate of drug-likeness (QED) is 0.551. The summed E-state index contributed by atoms with van der Waals surface area (Å²) >= 11 is 0. The standard InChI is InChI=1S/C22H30O2Si/c1-18(2)16-19(17-23)24-25(22(3,4)5,20-12-8-6-9-13-20)21-14-10-7-11-15-21/h6-15,17-19H,16H2,1-5H3/t19-/m0/s1. The molecule has 2 rings (SSSR count). The molecule has 0 saturated carbocycles. The molecule has 0 bridgehead atoms. The van der Waals surface area contributed by atoms with Crippen LogP contribution in [0.4, 0.5) is 0 Å². The monoisotopic (exact) mass is 354 g/mol. The lowest BCUT2D eigenvalue weighted by Crippen LogP contribution is -2.67. The minimum atomic E-state index is -2.63. The Morgan fingerprint density at radius 1 is 0.920 bits per heavy atom. The van der Waals surface area contributed by atoms with Gasteiger partial charge in [0.2, 0.25) is 0 Å². The van der Waals surface area contributed by atoms with Crippen molar-refractivity contribution in [2.75, 3.05) is 0 Å². The molecule has 3 heteroatoms. The van der Waals surface area contributed by atoms with Crippen LogP contribution in [0.3, 0.4) is 0 Å². The fourth-order valence-corrected chi connectivity index (χ4v) is 8.14. The first-order valence-corrected chi connectivity index (χ1v) is 11.0. The van der Waals surface area contributed by atoms with Crippen molar-refractivity contribution in [3.05, 3.63) is 60.7 Å². The zero-order valence-electron chi connectivity index (χ0n) is 16.0. The second-order valence-electron chi connectivity index (χ2n) is 8.09. The van der Waals surface area contributed by atoms with Gasteiger partial charge in [0, 0.05) is 0 Å². The highest BCUT2D eigenvalue weighted by atomic mass is 28.4. The fourth-order valence-electron chi connectivity index (χ4n) is 3.51. The lowest BCUT2D eigenvalue weighted by molar-refractivity contribution is -0.114. The number of carbonyl (C=O) groups is 1. The van der Waals surface area contributed by atoms with E-state index in [1.165, 1.54) is 10.4 Å². The summed E-state index contributed by atoms with van der Waals surface area (Å²) in [5.41, 5.74) is 0. The van der Waals surface area contributed by atoms with E-state index in [1.807, 2.05) is 12.1 Å². The SMILES string of the molecule is CC(C)C[C@@H](C=O)O[Si](c1ccccc1)(c1ccccc1)C(C)(C)C. The van der Waals surface area contributed by atoms with Crippen molar-refractivity contribution in [3.8, 4) is 0 Å². The molecule has 0 aliphatic heterocycles. The smallest absolute Gasteiger partial charge is 0.262 e. The molecule has 2 nitrogen and oxygen atoms in total. The van der Waals surface area contributed by atoms with Crippen LogP contribution >= 0.6 is 0 Å². The van der Waals surface area contributed by atoms with Gasteiger partial charge in [-0.15, -0.1) is 0 Å². The summed E-state index contributed by atoms with van der Waals surface area (Å²) in [7, 11) is -2.63. The Labute approximate surface area is 153 Å². The maximum absolute atomic E-state index is 11.8. The Balaban J connectivity index is 2.66. The van der Waals surface area contributed by atoms with Gasteiger partial charge in [-0.25, -0.2) is 0 Å². The van der Waals surface area contributed by atoms with E-state index in [0.717, 1.165) is 12.7 Å². The van der Waals surface area contributed by atoms with Crippen LogP contribution in [0.5, 0.6) is 0 Å². The van der Waals surface area contributed by atoms with Gasteiger partial charge in [-0.05, 0) is 27.8 Å². The molecule has 2 aromatic rings. The van der Waals surface area contributed by atoms with Gasteiger partial charge in [0.15, 0.2) is 0 Å². The molecule has 0 spiro atoms. The van der Waals surface area contributed by atoms with E-state index in [-0.39, 0.29) is 11.1 Å². The molecule has 2 aromatic carbocycles. The third kappa shape index (κ3) is 4.28. The third-order valence-electron chi connectivity index (χ3n) is 4.60. The van der Waals surface area contributed by atoms with E-state index >= 15 is 0 Å². The maximum Gasteiger partial charge on any atom is 0.262 e. The number of hydrogen-bond acceptors (Lipinski definition) is 2. The van der Waals surface area contributed by atoms with E-state index in [0.29, 0.717) is 5.92 Å². The predicted molar refractivity (Wildman–Crippen MR) is 108 cm³/mol. The van der Waals surface area contributed by atoms with E-state index in [4.69, 9.17) is 4.43 Å². The van der Waals surface area contributed by atoms with Crippen molar-refractivity contribution >= 4 is 25.0 Å². The van der Waals surface area contributed by atoms with E-state index in [1.54, 1.807) is 0 Å². The van der Waals surface area contributed by atoms with Crippen LogP contribution in [0.1, 0.15) is 41.0 Å². The average molecular weight is 355 g/mol. The fraction of sp³-hybridized carbons (Fsp3) is 0.409. The lowest BCUT2D eigenvalue weighted by atomic mass is 10.1. The number of benzene rings is 2. The Hall–Kier alpha value is -1.71. The first kappa shape index (κ1) is 19.6. The molecular formula is C22H30O2Si. The van der Waals surface area contributed by atoms with Gasteiger partial charge in [-0.1, -0.05) is 95.3 Å². The first-order valence-electron chi connectivity index (χ1n) is 9.05. The second-order valence-corrected chi connectivity index (χ2v) is 12.3. The molecule has 0 amide bonds. The Morgan fingerprint density at radius 2 is 1.36 bits per heavy atom. The summed E-state index contributed by atoms with van der Waals surface area (Å²) in [4.78, 5) is 11.8. The Morgan fingerprint density at radius 3 is 1.68 bits per heavy atom. The summed E-state index contributed by atoms with van der Waals surface area (Å²) < 4.78 is 6.81. The van der Waals surface area contributed by atoms with Crippen LogP contribution < -0.4 is 10.4 Å². The van der Waals surface area contributed by atoms with Gasteiger partial charge >= 0.3 is 0 Å². The van der Waals surface area contributed by atoms with Crippen LogP contribution in [0.25, 0.3) is 0 Å². The van der Waals surface area contributed by atoms with Gasteiger partial charge in [0.1, 0.15) is 12.4 Å². The largest absolute Gasteiger partial charge is 0.398 e.